The largest absolute Gasteiger partial charge is 0.445 e. The fourth-order valence-electron chi connectivity index (χ4n) is 4.45. The third kappa shape index (κ3) is 8.34. The van der Waals surface area contributed by atoms with Gasteiger partial charge in [-0.2, -0.15) is 0 Å². The van der Waals surface area contributed by atoms with Gasteiger partial charge in [0.15, 0.2) is 0 Å². The lowest BCUT2D eigenvalue weighted by molar-refractivity contribution is 0.0510. The minimum Gasteiger partial charge on any atom is -0.445 e. The number of benzene rings is 1. The van der Waals surface area contributed by atoms with Gasteiger partial charge in [0.2, 0.25) is 0 Å². The Kier molecular flexibility index (Phi) is 8.79. The molecule has 3 rings (SSSR count). The molecule has 1 aromatic rings. The highest BCUT2D eigenvalue weighted by Crippen LogP contribution is 2.29. The molecule has 1 aliphatic heterocycles. The predicted octanol–water partition coefficient (Wildman–Crippen LogP) is 4.27. The highest BCUT2D eigenvalue weighted by atomic mass is 16.6. The Hall–Kier alpha value is -2.28. The van der Waals surface area contributed by atoms with E-state index >= 15 is 0 Å². The summed E-state index contributed by atoms with van der Waals surface area (Å²) in [7, 11) is 0. The average molecular weight is 446 g/mol. The second-order valence-electron chi connectivity index (χ2n) is 10.1. The number of nitrogens with zero attached hydrogens (tertiary/aromatic N) is 2. The first-order valence-electron chi connectivity index (χ1n) is 11.9. The molecule has 0 radical (unpaired) electrons. The van der Waals surface area contributed by atoms with Crippen molar-refractivity contribution in [2.24, 2.45) is 11.8 Å². The van der Waals surface area contributed by atoms with E-state index in [9.17, 15) is 9.59 Å². The van der Waals surface area contributed by atoms with Gasteiger partial charge in [0.05, 0.1) is 0 Å². The Bertz CT molecular complexity index is 718. The molecule has 2 aliphatic rings. The number of alkyl carbamates (subject to hydrolysis) is 1. The third-order valence-electron chi connectivity index (χ3n) is 6.25. The van der Waals surface area contributed by atoms with Gasteiger partial charge in [-0.25, -0.2) is 9.59 Å². The molecule has 1 heterocycles. The molecule has 7 nitrogen and oxygen atoms in total. The van der Waals surface area contributed by atoms with Crippen molar-refractivity contribution in [2.75, 3.05) is 39.3 Å². The molecule has 1 aromatic carbocycles. The zero-order valence-electron chi connectivity index (χ0n) is 19.8. The molecule has 178 valence electrons. The molecule has 0 atom stereocenters. The van der Waals surface area contributed by atoms with Crippen molar-refractivity contribution in [3.8, 4) is 0 Å². The van der Waals surface area contributed by atoms with Crippen molar-refractivity contribution in [3.05, 3.63) is 35.9 Å². The molecule has 0 bridgehead atoms. The summed E-state index contributed by atoms with van der Waals surface area (Å²) in [6.45, 7) is 11.0. The van der Waals surface area contributed by atoms with E-state index in [0.717, 1.165) is 51.1 Å². The van der Waals surface area contributed by atoms with E-state index < -0.39 is 5.60 Å². The summed E-state index contributed by atoms with van der Waals surface area (Å²) in [6, 6.07) is 9.79. The predicted molar refractivity (Wildman–Crippen MR) is 124 cm³/mol. The first-order chi connectivity index (χ1) is 15.3. The molecular formula is C25H39N3O4. The number of rotatable bonds is 6. The first kappa shape index (κ1) is 24.4. The number of nitrogens with one attached hydrogen (secondary N) is 1. The van der Waals surface area contributed by atoms with E-state index in [4.69, 9.17) is 9.47 Å². The van der Waals surface area contributed by atoms with Gasteiger partial charge >= 0.3 is 12.2 Å². The molecule has 32 heavy (non-hydrogen) atoms. The average Bonchev–Trinajstić information content (AvgIpc) is 2.77. The van der Waals surface area contributed by atoms with Crippen LogP contribution in [0.5, 0.6) is 0 Å². The number of amides is 2. The van der Waals surface area contributed by atoms with Crippen LogP contribution in [0.3, 0.4) is 0 Å². The molecule has 2 amide bonds. The Labute approximate surface area is 192 Å². The van der Waals surface area contributed by atoms with Gasteiger partial charge in [-0.05, 0) is 63.9 Å². The van der Waals surface area contributed by atoms with Crippen LogP contribution in [0.4, 0.5) is 9.59 Å². The number of carbonyl (C=O) groups is 2. The van der Waals surface area contributed by atoms with Crippen LogP contribution in [-0.4, -0.2) is 66.9 Å². The van der Waals surface area contributed by atoms with Gasteiger partial charge in [-0.15, -0.1) is 0 Å². The molecule has 0 spiro atoms. The number of piperazine rings is 1. The number of carbonyl (C=O) groups excluding carboxylic acids is 2. The van der Waals surface area contributed by atoms with Gasteiger partial charge in [0, 0.05) is 39.3 Å². The van der Waals surface area contributed by atoms with Crippen LogP contribution >= 0.6 is 0 Å². The van der Waals surface area contributed by atoms with Crippen LogP contribution in [-0.2, 0) is 16.1 Å². The lowest BCUT2D eigenvalue weighted by Gasteiger charge is -2.37. The van der Waals surface area contributed by atoms with E-state index in [-0.39, 0.29) is 12.2 Å². The van der Waals surface area contributed by atoms with E-state index in [1.165, 1.54) is 12.8 Å². The van der Waals surface area contributed by atoms with Crippen LogP contribution in [0.2, 0.25) is 0 Å². The summed E-state index contributed by atoms with van der Waals surface area (Å²) >= 11 is 0. The van der Waals surface area contributed by atoms with Crippen molar-refractivity contribution < 1.29 is 19.1 Å². The number of hydrogen-bond acceptors (Lipinski definition) is 5. The van der Waals surface area contributed by atoms with Crippen molar-refractivity contribution in [2.45, 2.75) is 58.7 Å². The standard InChI is InChI=1S/C25H39N3O4/c1-25(2,3)32-23(29)26-17-20-9-11-21(12-10-20)18-27-13-15-28(16-14-27)24(30)31-19-22-7-5-4-6-8-22/h4-8,20-21H,9-19H2,1-3H3,(H,26,29)/t20-,21-. The Morgan fingerprint density at radius 3 is 2.22 bits per heavy atom. The lowest BCUT2D eigenvalue weighted by atomic mass is 9.81. The SMILES string of the molecule is CC(C)(C)OC(=O)NC[C@H]1CC[C@H](CN2CCN(C(=O)OCc3ccccc3)CC2)CC1. The summed E-state index contributed by atoms with van der Waals surface area (Å²) in [5.74, 6) is 1.24. The zero-order chi connectivity index (χ0) is 23.0. The topological polar surface area (TPSA) is 71.1 Å². The van der Waals surface area contributed by atoms with Crippen molar-refractivity contribution >= 4 is 12.2 Å². The van der Waals surface area contributed by atoms with Crippen LogP contribution in [0.25, 0.3) is 0 Å². The van der Waals surface area contributed by atoms with Gasteiger partial charge in [-0.1, -0.05) is 30.3 Å². The van der Waals surface area contributed by atoms with Crippen LogP contribution in [0, 0.1) is 11.8 Å². The molecule has 7 heteroatoms. The Balaban J connectivity index is 1.28. The van der Waals surface area contributed by atoms with Crippen molar-refractivity contribution in [3.63, 3.8) is 0 Å². The van der Waals surface area contributed by atoms with E-state index in [0.29, 0.717) is 25.0 Å². The molecule has 0 unspecified atom stereocenters. The van der Waals surface area contributed by atoms with Crippen LogP contribution in [0.15, 0.2) is 30.3 Å². The zero-order valence-corrected chi connectivity index (χ0v) is 19.8. The number of hydrogen-bond donors (Lipinski definition) is 1. The second kappa shape index (κ2) is 11.5. The number of ether oxygens (including phenoxy) is 2. The third-order valence-corrected chi connectivity index (χ3v) is 6.25. The molecule has 1 aliphatic carbocycles. The minimum absolute atomic E-state index is 0.216. The maximum Gasteiger partial charge on any atom is 0.410 e. The van der Waals surface area contributed by atoms with Gasteiger partial charge in [0.1, 0.15) is 12.2 Å². The maximum absolute atomic E-state index is 12.3. The molecule has 1 saturated heterocycles. The Morgan fingerprint density at radius 1 is 0.969 bits per heavy atom. The van der Waals surface area contributed by atoms with E-state index in [1.807, 2.05) is 56.0 Å². The molecular weight excluding hydrogens is 406 g/mol. The van der Waals surface area contributed by atoms with E-state index in [2.05, 4.69) is 10.2 Å². The summed E-state index contributed by atoms with van der Waals surface area (Å²) in [4.78, 5) is 28.5. The minimum atomic E-state index is -0.454. The summed E-state index contributed by atoms with van der Waals surface area (Å²) < 4.78 is 10.8. The van der Waals surface area contributed by atoms with Gasteiger partial charge in [-0.3, -0.25) is 4.90 Å². The molecule has 1 N–H and O–H groups in total. The Morgan fingerprint density at radius 2 is 1.59 bits per heavy atom. The fraction of sp³-hybridized carbons (Fsp3) is 0.680. The van der Waals surface area contributed by atoms with Crippen molar-refractivity contribution in [1.29, 1.82) is 0 Å². The normalized spacial score (nSPS) is 22.3. The molecule has 2 fully saturated rings. The summed E-state index contributed by atoms with van der Waals surface area (Å²) in [5, 5.41) is 2.92. The smallest absolute Gasteiger partial charge is 0.410 e. The molecule has 1 saturated carbocycles. The lowest BCUT2D eigenvalue weighted by Crippen LogP contribution is -2.50. The monoisotopic (exact) mass is 445 g/mol. The van der Waals surface area contributed by atoms with Gasteiger partial charge in [0.25, 0.3) is 0 Å². The van der Waals surface area contributed by atoms with Crippen LogP contribution < -0.4 is 5.32 Å². The highest BCUT2D eigenvalue weighted by Gasteiger charge is 2.27. The summed E-state index contributed by atoms with van der Waals surface area (Å²) in [5.41, 5.74) is 0.557. The fourth-order valence-corrected chi connectivity index (χ4v) is 4.45. The van der Waals surface area contributed by atoms with Gasteiger partial charge < -0.3 is 19.7 Å². The highest BCUT2D eigenvalue weighted by molar-refractivity contribution is 5.68. The quantitative estimate of drug-likeness (QED) is 0.708. The first-order valence-corrected chi connectivity index (χ1v) is 11.9. The summed E-state index contributed by atoms with van der Waals surface area (Å²) in [6.07, 6.45) is 4.14. The van der Waals surface area contributed by atoms with Crippen molar-refractivity contribution in [1.82, 2.24) is 15.1 Å². The second-order valence-corrected chi connectivity index (χ2v) is 10.1. The van der Waals surface area contributed by atoms with Crippen LogP contribution in [0.1, 0.15) is 52.0 Å². The van der Waals surface area contributed by atoms with E-state index in [1.54, 1.807) is 0 Å². The maximum atomic E-state index is 12.3. The molecule has 0 aromatic heterocycles.